The molecule has 152 valence electrons. The second-order valence-corrected chi connectivity index (χ2v) is 10.7. The Morgan fingerprint density at radius 2 is 2.00 bits per heavy atom. The second kappa shape index (κ2) is 7.15. The number of para-hydroxylation sites is 1. The third-order valence-electron chi connectivity index (χ3n) is 6.20. The minimum absolute atomic E-state index is 0.260. The van der Waals surface area contributed by atoms with Crippen molar-refractivity contribution >= 4 is 36.7 Å². The lowest BCUT2D eigenvalue weighted by molar-refractivity contribution is 0.401. The summed E-state index contributed by atoms with van der Waals surface area (Å²) in [6.45, 7) is 2.66. The third kappa shape index (κ3) is 2.94. The molecule has 1 aromatic heterocycles. The highest BCUT2D eigenvalue weighted by Crippen LogP contribution is 2.44. The lowest BCUT2D eigenvalue weighted by atomic mass is 10.0. The van der Waals surface area contributed by atoms with E-state index in [0.717, 1.165) is 48.0 Å². The van der Waals surface area contributed by atoms with E-state index in [1.807, 2.05) is 12.1 Å². The average Bonchev–Trinajstić information content (AvgIpc) is 2.88. The van der Waals surface area contributed by atoms with Crippen LogP contribution < -0.4 is 10.1 Å². The predicted molar refractivity (Wildman–Crippen MR) is 117 cm³/mol. The first-order valence-electron chi connectivity index (χ1n) is 9.93. The number of sulfone groups is 1. The molecular weight excluding hydrogens is 452 g/mol. The van der Waals surface area contributed by atoms with Crippen LogP contribution in [0.1, 0.15) is 28.5 Å². The maximum atomic E-state index is 13.7. The van der Waals surface area contributed by atoms with Crippen molar-refractivity contribution in [2.45, 2.75) is 36.0 Å². The number of aromatic nitrogens is 1. The van der Waals surface area contributed by atoms with E-state index in [0.29, 0.717) is 12.2 Å². The lowest BCUT2D eigenvalue weighted by Crippen LogP contribution is -2.23. The summed E-state index contributed by atoms with van der Waals surface area (Å²) in [5, 5.41) is 4.12. The number of halogens is 1. The number of aryl methyl sites for hydroxylation is 1. The molecule has 0 saturated carbocycles. The van der Waals surface area contributed by atoms with Crippen molar-refractivity contribution < 1.29 is 13.2 Å². The number of methoxy groups -OCH3 is 1. The summed E-state index contributed by atoms with van der Waals surface area (Å²) in [4.78, 5) is 0.260. The Morgan fingerprint density at radius 3 is 2.83 bits per heavy atom. The van der Waals surface area contributed by atoms with E-state index >= 15 is 0 Å². The normalized spacial score (nSPS) is 19.0. The van der Waals surface area contributed by atoms with Crippen LogP contribution in [0.2, 0.25) is 0 Å². The number of rotatable bonds is 3. The van der Waals surface area contributed by atoms with Crippen LogP contribution in [-0.4, -0.2) is 33.2 Å². The third-order valence-corrected chi connectivity index (χ3v) is 8.88. The molecule has 1 N–H and O–H groups in total. The largest absolute Gasteiger partial charge is 0.495 e. The molecule has 0 radical (unpaired) electrons. The van der Waals surface area contributed by atoms with Crippen molar-refractivity contribution in [1.29, 1.82) is 0 Å². The molecule has 0 spiro atoms. The molecule has 5 nitrogen and oxygen atoms in total. The fourth-order valence-corrected chi connectivity index (χ4v) is 7.20. The molecule has 2 aliphatic rings. The van der Waals surface area contributed by atoms with Gasteiger partial charge in [-0.1, -0.05) is 34.1 Å². The van der Waals surface area contributed by atoms with E-state index < -0.39 is 15.1 Å². The highest BCUT2D eigenvalue weighted by molar-refractivity contribution is 9.10. The zero-order valence-electron chi connectivity index (χ0n) is 16.2. The number of ether oxygens (including phenoxy) is 1. The molecule has 2 aromatic carbocycles. The Hall–Kier alpha value is -1.83. The quantitative estimate of drug-likeness (QED) is 0.622. The molecule has 5 rings (SSSR count). The predicted octanol–water partition coefficient (Wildman–Crippen LogP) is 4.02. The van der Waals surface area contributed by atoms with E-state index in [-0.39, 0.29) is 4.90 Å². The molecule has 1 unspecified atom stereocenters. The first-order chi connectivity index (χ1) is 14.0. The fraction of sp³-hybridized carbons (Fsp3) is 0.364. The Bertz CT molecular complexity index is 1220. The van der Waals surface area contributed by atoms with E-state index in [4.69, 9.17) is 4.74 Å². The van der Waals surface area contributed by atoms with Crippen molar-refractivity contribution in [3.05, 3.63) is 57.7 Å². The number of hydrogen-bond donors (Lipinski definition) is 1. The molecule has 1 atom stereocenters. The van der Waals surface area contributed by atoms with Gasteiger partial charge in [-0.15, -0.1) is 0 Å². The van der Waals surface area contributed by atoms with Gasteiger partial charge in [-0.05, 0) is 48.7 Å². The molecule has 3 aromatic rings. The lowest BCUT2D eigenvalue weighted by Gasteiger charge is -2.27. The molecule has 0 bridgehead atoms. The van der Waals surface area contributed by atoms with Gasteiger partial charge >= 0.3 is 0 Å². The Kier molecular flexibility index (Phi) is 4.72. The van der Waals surface area contributed by atoms with Crippen LogP contribution in [0.15, 0.2) is 45.8 Å². The van der Waals surface area contributed by atoms with Crippen LogP contribution in [0.4, 0.5) is 0 Å². The van der Waals surface area contributed by atoms with Gasteiger partial charge in [0.05, 0.1) is 17.9 Å². The molecule has 7 heteroatoms. The summed E-state index contributed by atoms with van der Waals surface area (Å²) >= 11 is 3.40. The number of fused-ring (bicyclic) bond motifs is 3. The van der Waals surface area contributed by atoms with Crippen LogP contribution in [0.5, 0.6) is 5.75 Å². The fourth-order valence-electron chi connectivity index (χ4n) is 4.93. The average molecular weight is 475 g/mol. The zero-order valence-corrected chi connectivity index (χ0v) is 18.6. The maximum absolute atomic E-state index is 13.7. The smallest absolute Gasteiger partial charge is 0.189 e. The number of benzene rings is 2. The van der Waals surface area contributed by atoms with Crippen molar-refractivity contribution in [3.63, 3.8) is 0 Å². The van der Waals surface area contributed by atoms with Gasteiger partial charge in [0.25, 0.3) is 0 Å². The summed E-state index contributed by atoms with van der Waals surface area (Å²) in [6, 6.07) is 11.3. The van der Waals surface area contributed by atoms with Crippen molar-refractivity contribution in [1.82, 2.24) is 9.88 Å². The molecule has 3 heterocycles. The molecule has 0 saturated heterocycles. The maximum Gasteiger partial charge on any atom is 0.189 e. The van der Waals surface area contributed by atoms with Crippen LogP contribution in [-0.2, 0) is 29.2 Å². The highest BCUT2D eigenvalue weighted by atomic mass is 79.9. The van der Waals surface area contributed by atoms with Crippen LogP contribution >= 0.6 is 15.9 Å². The number of nitrogens with zero attached hydrogens (tertiary/aromatic N) is 1. The molecule has 29 heavy (non-hydrogen) atoms. The molecular formula is C22H23BrN2O3S. The first kappa shape index (κ1) is 19.2. The topological polar surface area (TPSA) is 60.3 Å². The van der Waals surface area contributed by atoms with Crippen molar-refractivity contribution in [2.75, 3.05) is 20.2 Å². The summed E-state index contributed by atoms with van der Waals surface area (Å²) in [7, 11) is -2.08. The van der Waals surface area contributed by atoms with Crippen LogP contribution in [0.3, 0.4) is 0 Å². The molecule has 0 aliphatic carbocycles. The number of nitrogens with one attached hydrogen (secondary N) is 1. The monoisotopic (exact) mass is 474 g/mol. The van der Waals surface area contributed by atoms with E-state index in [9.17, 15) is 8.42 Å². The summed E-state index contributed by atoms with van der Waals surface area (Å²) in [5.74, 6) is 0.384. The Labute approximate surface area is 179 Å². The van der Waals surface area contributed by atoms with Crippen LogP contribution in [0, 0.1) is 0 Å². The summed E-state index contributed by atoms with van der Waals surface area (Å²) in [5.41, 5.74) is 4.77. The van der Waals surface area contributed by atoms with E-state index in [1.54, 1.807) is 18.2 Å². The van der Waals surface area contributed by atoms with Gasteiger partial charge in [0, 0.05) is 35.1 Å². The van der Waals surface area contributed by atoms with E-state index in [1.165, 1.54) is 23.8 Å². The number of hydrogen-bond acceptors (Lipinski definition) is 4. The second-order valence-electron chi connectivity index (χ2n) is 7.69. The Morgan fingerprint density at radius 1 is 1.17 bits per heavy atom. The van der Waals surface area contributed by atoms with Gasteiger partial charge in [0.1, 0.15) is 10.6 Å². The van der Waals surface area contributed by atoms with Gasteiger partial charge in [0.2, 0.25) is 0 Å². The highest BCUT2D eigenvalue weighted by Gasteiger charge is 2.37. The summed E-state index contributed by atoms with van der Waals surface area (Å²) < 4.78 is 36.0. The van der Waals surface area contributed by atoms with Crippen molar-refractivity contribution in [2.24, 2.45) is 0 Å². The first-order valence-corrected chi connectivity index (χ1v) is 12.3. The van der Waals surface area contributed by atoms with Gasteiger partial charge in [-0.25, -0.2) is 8.42 Å². The molecule has 0 amide bonds. The van der Waals surface area contributed by atoms with E-state index in [2.05, 4.69) is 31.9 Å². The van der Waals surface area contributed by atoms with Gasteiger partial charge in [-0.3, -0.25) is 0 Å². The zero-order chi connectivity index (χ0) is 20.2. The van der Waals surface area contributed by atoms with Gasteiger partial charge in [0.15, 0.2) is 9.84 Å². The molecule has 2 aliphatic heterocycles. The Balaban J connectivity index is 1.70. The molecule has 0 fully saturated rings. The van der Waals surface area contributed by atoms with Gasteiger partial charge in [-0.2, -0.15) is 0 Å². The van der Waals surface area contributed by atoms with Gasteiger partial charge < -0.3 is 14.6 Å². The minimum atomic E-state index is -3.59. The SMILES string of the molecule is COc1cc(Br)ccc1S(=O)(=O)C1CCn2c3c(c4cccc1c42)CCNCC3. The van der Waals surface area contributed by atoms with Crippen molar-refractivity contribution in [3.8, 4) is 5.75 Å². The standard InChI is InChI=1S/C22H23BrN2O3S/c1-28-19-13-14(23)5-6-21(19)29(26,27)20-9-12-25-18-8-11-24-10-7-15(18)16-3-2-4-17(20)22(16)25/h2-6,13,20,24H,7-12H2,1H3. The van der Waals surface area contributed by atoms with Crippen LogP contribution in [0.25, 0.3) is 10.9 Å². The minimum Gasteiger partial charge on any atom is -0.495 e. The summed E-state index contributed by atoms with van der Waals surface area (Å²) in [6.07, 6.45) is 2.55.